The number of hydrogen-bond donors (Lipinski definition) is 1. The largest absolute Gasteiger partial charge is 0.492 e. The lowest BCUT2D eigenvalue weighted by Gasteiger charge is -2.10. The predicted octanol–water partition coefficient (Wildman–Crippen LogP) is 3.80. The van der Waals surface area contributed by atoms with Crippen LogP contribution in [0.1, 0.15) is 18.9 Å². The summed E-state index contributed by atoms with van der Waals surface area (Å²) in [6.07, 6.45) is 2.73. The molecule has 118 valence electrons. The number of benzene rings is 1. The number of hydrogen-bond acceptors (Lipinski definition) is 4. The molecule has 0 atom stereocenters. The minimum atomic E-state index is 0.593. The molecule has 0 saturated heterocycles. The van der Waals surface area contributed by atoms with Crippen molar-refractivity contribution in [3.05, 3.63) is 52.6 Å². The third kappa shape index (κ3) is 5.66. The second-order valence-electron chi connectivity index (χ2n) is 4.81. The van der Waals surface area contributed by atoms with Gasteiger partial charge in [-0.3, -0.25) is 0 Å². The molecule has 2 aromatic rings. The zero-order valence-electron chi connectivity index (χ0n) is 12.7. The van der Waals surface area contributed by atoms with E-state index in [-0.39, 0.29) is 0 Å². The number of aromatic nitrogens is 1. The Kier molecular flexibility index (Phi) is 7.19. The molecule has 0 aliphatic rings. The number of rotatable bonds is 9. The topological polar surface area (TPSA) is 43.4 Å². The van der Waals surface area contributed by atoms with E-state index in [2.05, 4.69) is 45.3 Å². The Bertz CT molecular complexity index is 564. The van der Waals surface area contributed by atoms with E-state index >= 15 is 0 Å². The van der Waals surface area contributed by atoms with E-state index in [1.54, 1.807) is 6.20 Å². The molecule has 0 aliphatic carbocycles. The van der Waals surface area contributed by atoms with Crippen molar-refractivity contribution in [3.63, 3.8) is 0 Å². The molecular formula is C17H21BrN2O2. The molecule has 0 aliphatic heterocycles. The summed E-state index contributed by atoms with van der Waals surface area (Å²) in [5.41, 5.74) is 1.20. The summed E-state index contributed by atoms with van der Waals surface area (Å²) in [5, 5.41) is 3.35. The van der Waals surface area contributed by atoms with Gasteiger partial charge in [0.15, 0.2) is 0 Å². The van der Waals surface area contributed by atoms with Gasteiger partial charge in [-0.2, -0.15) is 0 Å². The van der Waals surface area contributed by atoms with Crippen LogP contribution in [0.2, 0.25) is 0 Å². The Labute approximate surface area is 140 Å². The van der Waals surface area contributed by atoms with Crippen molar-refractivity contribution in [1.82, 2.24) is 10.3 Å². The van der Waals surface area contributed by atoms with Crippen LogP contribution in [0.4, 0.5) is 0 Å². The third-order valence-corrected chi connectivity index (χ3v) is 3.57. The Morgan fingerprint density at radius 3 is 2.77 bits per heavy atom. The van der Waals surface area contributed by atoms with Crippen LogP contribution in [0.15, 0.2) is 47.1 Å². The van der Waals surface area contributed by atoms with Gasteiger partial charge in [0.05, 0.1) is 11.1 Å². The molecule has 0 unspecified atom stereocenters. The van der Waals surface area contributed by atoms with E-state index < -0.39 is 0 Å². The molecule has 1 heterocycles. The summed E-state index contributed by atoms with van der Waals surface area (Å²) in [5.74, 6) is 1.55. The monoisotopic (exact) mass is 364 g/mol. The number of halogens is 1. The molecule has 0 spiro atoms. The van der Waals surface area contributed by atoms with Crippen LogP contribution in [0.5, 0.6) is 11.6 Å². The lowest BCUT2D eigenvalue weighted by atomic mass is 10.2. The zero-order valence-corrected chi connectivity index (χ0v) is 14.3. The highest BCUT2D eigenvalue weighted by Gasteiger charge is 2.02. The van der Waals surface area contributed by atoms with E-state index in [1.165, 1.54) is 5.56 Å². The summed E-state index contributed by atoms with van der Waals surface area (Å²) in [4.78, 5) is 4.11. The summed E-state index contributed by atoms with van der Waals surface area (Å²) < 4.78 is 12.2. The van der Waals surface area contributed by atoms with Gasteiger partial charge in [0, 0.05) is 25.4 Å². The van der Waals surface area contributed by atoms with Gasteiger partial charge in [-0.15, -0.1) is 0 Å². The molecule has 4 nitrogen and oxygen atoms in total. The molecule has 1 aromatic carbocycles. The van der Waals surface area contributed by atoms with Gasteiger partial charge in [0.1, 0.15) is 12.4 Å². The van der Waals surface area contributed by atoms with Gasteiger partial charge in [-0.1, -0.05) is 19.1 Å². The number of pyridine rings is 1. The molecule has 0 amide bonds. The fourth-order valence-corrected chi connectivity index (χ4v) is 2.42. The minimum absolute atomic E-state index is 0.593. The van der Waals surface area contributed by atoms with Crippen molar-refractivity contribution in [2.45, 2.75) is 19.9 Å². The van der Waals surface area contributed by atoms with Crippen LogP contribution in [0.25, 0.3) is 0 Å². The highest BCUT2D eigenvalue weighted by molar-refractivity contribution is 9.10. The van der Waals surface area contributed by atoms with Gasteiger partial charge in [0.2, 0.25) is 5.88 Å². The fourth-order valence-electron chi connectivity index (χ4n) is 1.88. The fraction of sp³-hybridized carbons (Fsp3) is 0.353. The average molecular weight is 365 g/mol. The molecule has 22 heavy (non-hydrogen) atoms. The van der Waals surface area contributed by atoms with Crippen LogP contribution in [0, 0.1) is 0 Å². The highest BCUT2D eigenvalue weighted by atomic mass is 79.9. The van der Waals surface area contributed by atoms with Gasteiger partial charge >= 0.3 is 0 Å². The van der Waals surface area contributed by atoms with Crippen molar-refractivity contribution in [3.8, 4) is 11.6 Å². The third-order valence-electron chi connectivity index (χ3n) is 2.95. The summed E-state index contributed by atoms with van der Waals surface area (Å²) in [7, 11) is 0. The molecule has 5 heteroatoms. The van der Waals surface area contributed by atoms with E-state index in [4.69, 9.17) is 9.47 Å². The summed E-state index contributed by atoms with van der Waals surface area (Å²) >= 11 is 3.54. The van der Waals surface area contributed by atoms with Gasteiger partial charge < -0.3 is 14.8 Å². The number of nitrogens with one attached hydrogen (secondary N) is 1. The molecule has 0 radical (unpaired) electrons. The smallest absolute Gasteiger partial charge is 0.213 e. The van der Waals surface area contributed by atoms with Crippen molar-refractivity contribution in [1.29, 1.82) is 0 Å². The van der Waals surface area contributed by atoms with Gasteiger partial charge in [-0.25, -0.2) is 4.98 Å². The van der Waals surface area contributed by atoms with E-state index in [0.29, 0.717) is 12.5 Å². The molecular weight excluding hydrogens is 344 g/mol. The SMILES string of the molecule is CCCOc1ccc(CNCCOc2ccccn2)cc1Br. The number of nitrogens with zero attached hydrogens (tertiary/aromatic N) is 1. The standard InChI is InChI=1S/C17H21BrN2O2/c1-2-10-21-16-7-6-14(12-15(16)18)13-19-9-11-22-17-5-3-4-8-20-17/h3-8,12,19H,2,9-11,13H2,1H3. The maximum Gasteiger partial charge on any atom is 0.213 e. The first-order valence-corrected chi connectivity index (χ1v) is 8.24. The highest BCUT2D eigenvalue weighted by Crippen LogP contribution is 2.26. The van der Waals surface area contributed by atoms with E-state index in [9.17, 15) is 0 Å². The van der Waals surface area contributed by atoms with Crippen LogP contribution in [0.3, 0.4) is 0 Å². The normalized spacial score (nSPS) is 10.5. The van der Waals surface area contributed by atoms with Gasteiger partial charge in [0.25, 0.3) is 0 Å². The summed E-state index contributed by atoms with van der Waals surface area (Å²) in [6.45, 7) is 4.98. The second-order valence-corrected chi connectivity index (χ2v) is 5.66. The summed E-state index contributed by atoms with van der Waals surface area (Å²) in [6, 6.07) is 11.8. The van der Waals surface area contributed by atoms with Crippen molar-refractivity contribution < 1.29 is 9.47 Å². The predicted molar refractivity (Wildman–Crippen MR) is 91.4 cm³/mol. The first-order valence-electron chi connectivity index (χ1n) is 7.45. The molecule has 0 fully saturated rings. The first-order chi connectivity index (χ1) is 10.8. The lowest BCUT2D eigenvalue weighted by Crippen LogP contribution is -2.20. The molecule has 0 saturated carbocycles. The maximum atomic E-state index is 5.64. The quantitative estimate of drug-likeness (QED) is 0.687. The van der Waals surface area contributed by atoms with E-state index in [1.807, 2.05) is 24.3 Å². The Morgan fingerprint density at radius 2 is 2.05 bits per heavy atom. The second kappa shape index (κ2) is 9.43. The molecule has 1 N–H and O–H groups in total. The van der Waals surface area contributed by atoms with Crippen LogP contribution in [-0.4, -0.2) is 24.7 Å². The Balaban J connectivity index is 1.69. The van der Waals surface area contributed by atoms with Crippen molar-refractivity contribution in [2.24, 2.45) is 0 Å². The van der Waals surface area contributed by atoms with Crippen LogP contribution < -0.4 is 14.8 Å². The van der Waals surface area contributed by atoms with Crippen LogP contribution >= 0.6 is 15.9 Å². The average Bonchev–Trinajstić information content (AvgIpc) is 2.55. The number of ether oxygens (including phenoxy) is 2. The molecule has 0 bridgehead atoms. The van der Waals surface area contributed by atoms with Gasteiger partial charge in [-0.05, 0) is 46.1 Å². The Hall–Kier alpha value is -1.59. The van der Waals surface area contributed by atoms with Crippen molar-refractivity contribution in [2.75, 3.05) is 19.8 Å². The first kappa shape index (κ1) is 16.8. The Morgan fingerprint density at radius 1 is 1.14 bits per heavy atom. The minimum Gasteiger partial charge on any atom is -0.492 e. The molecule has 2 rings (SSSR count). The van der Waals surface area contributed by atoms with Crippen molar-refractivity contribution >= 4 is 15.9 Å². The lowest BCUT2D eigenvalue weighted by molar-refractivity contribution is 0.302. The zero-order chi connectivity index (χ0) is 15.6. The molecule has 1 aromatic heterocycles. The van der Waals surface area contributed by atoms with E-state index in [0.717, 1.165) is 36.3 Å². The van der Waals surface area contributed by atoms with Crippen LogP contribution in [-0.2, 0) is 6.54 Å². The maximum absolute atomic E-state index is 5.64.